The van der Waals surface area contributed by atoms with Crippen LogP contribution in [0.2, 0.25) is 0 Å². The predicted octanol–water partition coefficient (Wildman–Crippen LogP) is 1.72. The third kappa shape index (κ3) is 1.01. The van der Waals surface area contributed by atoms with Crippen LogP contribution in [0.5, 0.6) is 0 Å². The highest BCUT2D eigenvalue weighted by Gasteiger charge is 2.54. The summed E-state index contributed by atoms with van der Waals surface area (Å²) in [6.45, 7) is 0. The molecule has 0 unspecified atom stereocenters. The summed E-state index contributed by atoms with van der Waals surface area (Å²) < 4.78 is 25.9. The van der Waals surface area contributed by atoms with E-state index in [2.05, 4.69) is 0 Å². The molecule has 0 bridgehead atoms. The zero-order chi connectivity index (χ0) is 8.77. The molecular weight excluding hydrogens is 160 g/mol. The molecule has 0 amide bonds. The van der Waals surface area contributed by atoms with Gasteiger partial charge in [0.15, 0.2) is 5.67 Å². The number of hydrogen-bond donors (Lipinski definition) is 1. The molecule has 1 saturated carbocycles. The fourth-order valence-electron chi connectivity index (χ4n) is 1.32. The first-order valence-corrected chi connectivity index (χ1v) is 3.83. The van der Waals surface area contributed by atoms with Gasteiger partial charge in [-0.15, -0.1) is 0 Å². The van der Waals surface area contributed by atoms with Gasteiger partial charge in [-0.05, 0) is 17.7 Å². The summed E-state index contributed by atoms with van der Waals surface area (Å²) in [5.74, 6) is -0.350. The van der Waals surface area contributed by atoms with E-state index in [0.717, 1.165) is 0 Å². The minimum atomic E-state index is -1.40. The van der Waals surface area contributed by atoms with Gasteiger partial charge in [0, 0.05) is 12.5 Å². The number of alkyl halides is 1. The molecule has 2 N–H and O–H groups in total. The Kier molecular flexibility index (Phi) is 1.45. The maximum absolute atomic E-state index is 13.5. The van der Waals surface area contributed by atoms with Gasteiger partial charge in [-0.2, -0.15) is 0 Å². The molecule has 1 aliphatic carbocycles. The first-order valence-electron chi connectivity index (χ1n) is 3.83. The summed E-state index contributed by atoms with van der Waals surface area (Å²) in [7, 11) is 0. The lowest BCUT2D eigenvalue weighted by molar-refractivity contribution is 0.306. The standard InChI is InChI=1S/C9H9F2N/c10-7-3-1-6(2-4-7)9(11)5-8(9)12/h1-4,8H,5,12H2/t8-,9-/m0/s1. The Labute approximate surface area is 69.2 Å². The molecule has 2 rings (SSSR count). The van der Waals surface area contributed by atoms with E-state index in [-0.39, 0.29) is 5.82 Å². The van der Waals surface area contributed by atoms with E-state index in [1.54, 1.807) is 0 Å². The van der Waals surface area contributed by atoms with Crippen molar-refractivity contribution in [1.82, 2.24) is 0 Å². The van der Waals surface area contributed by atoms with Crippen LogP contribution in [0.3, 0.4) is 0 Å². The van der Waals surface area contributed by atoms with Crippen molar-refractivity contribution >= 4 is 0 Å². The summed E-state index contributed by atoms with van der Waals surface area (Å²) in [5.41, 5.74) is 4.49. The third-order valence-electron chi connectivity index (χ3n) is 2.27. The molecule has 3 heteroatoms. The van der Waals surface area contributed by atoms with Crippen molar-refractivity contribution in [3.05, 3.63) is 35.6 Å². The zero-order valence-corrected chi connectivity index (χ0v) is 6.43. The molecule has 0 aliphatic heterocycles. The molecule has 0 heterocycles. The number of halogens is 2. The van der Waals surface area contributed by atoms with Crippen molar-refractivity contribution in [3.63, 3.8) is 0 Å². The highest BCUT2D eigenvalue weighted by Crippen LogP contribution is 2.48. The molecule has 0 radical (unpaired) electrons. The molecule has 2 atom stereocenters. The van der Waals surface area contributed by atoms with E-state index >= 15 is 0 Å². The lowest BCUT2D eigenvalue weighted by atomic mass is 10.1. The predicted molar refractivity (Wildman–Crippen MR) is 41.8 cm³/mol. The molecule has 0 spiro atoms. The van der Waals surface area contributed by atoms with Gasteiger partial charge in [0.25, 0.3) is 0 Å². The Bertz CT molecular complexity index is 296. The van der Waals surface area contributed by atoms with Crippen molar-refractivity contribution in [1.29, 1.82) is 0 Å². The minimum absolute atomic E-state index is 0.346. The van der Waals surface area contributed by atoms with Crippen molar-refractivity contribution in [2.45, 2.75) is 18.1 Å². The zero-order valence-electron chi connectivity index (χ0n) is 6.43. The van der Waals surface area contributed by atoms with Crippen molar-refractivity contribution in [2.24, 2.45) is 5.73 Å². The van der Waals surface area contributed by atoms with Gasteiger partial charge in [-0.3, -0.25) is 0 Å². The molecule has 1 nitrogen and oxygen atoms in total. The van der Waals surface area contributed by atoms with Gasteiger partial charge >= 0.3 is 0 Å². The van der Waals surface area contributed by atoms with Crippen LogP contribution in [-0.2, 0) is 5.67 Å². The lowest BCUT2D eigenvalue weighted by Gasteiger charge is -2.04. The Morgan fingerprint density at radius 1 is 1.33 bits per heavy atom. The second kappa shape index (κ2) is 2.26. The van der Waals surface area contributed by atoms with Crippen LogP contribution in [0.4, 0.5) is 8.78 Å². The van der Waals surface area contributed by atoms with Gasteiger partial charge in [-0.25, -0.2) is 8.78 Å². The van der Waals surface area contributed by atoms with Crippen molar-refractivity contribution in [2.75, 3.05) is 0 Å². The Hall–Kier alpha value is -0.960. The molecule has 64 valence electrons. The van der Waals surface area contributed by atoms with Gasteiger partial charge in [0.1, 0.15) is 5.82 Å². The summed E-state index contributed by atoms with van der Waals surface area (Å²) in [5, 5.41) is 0. The maximum atomic E-state index is 13.5. The average molecular weight is 169 g/mol. The van der Waals surface area contributed by atoms with Crippen molar-refractivity contribution in [3.8, 4) is 0 Å². The highest BCUT2D eigenvalue weighted by molar-refractivity contribution is 5.31. The number of nitrogens with two attached hydrogens (primary N) is 1. The molecular formula is C9H9F2N. The van der Waals surface area contributed by atoms with E-state index < -0.39 is 11.7 Å². The second-order valence-electron chi connectivity index (χ2n) is 3.18. The molecule has 1 aromatic rings. The first kappa shape index (κ1) is 7.68. The van der Waals surface area contributed by atoms with Crippen LogP contribution in [-0.4, -0.2) is 6.04 Å². The molecule has 12 heavy (non-hydrogen) atoms. The van der Waals surface area contributed by atoms with E-state index in [0.29, 0.717) is 12.0 Å². The van der Waals surface area contributed by atoms with Crippen molar-refractivity contribution < 1.29 is 8.78 Å². The minimum Gasteiger partial charge on any atom is -0.325 e. The maximum Gasteiger partial charge on any atom is 0.152 e. The monoisotopic (exact) mass is 169 g/mol. The molecule has 1 aliphatic rings. The van der Waals surface area contributed by atoms with E-state index in [4.69, 9.17) is 5.73 Å². The van der Waals surface area contributed by atoms with Gasteiger partial charge < -0.3 is 5.73 Å². The molecule has 1 fully saturated rings. The van der Waals surface area contributed by atoms with Crippen LogP contribution in [0.15, 0.2) is 24.3 Å². The fourth-order valence-corrected chi connectivity index (χ4v) is 1.32. The molecule has 0 saturated heterocycles. The quantitative estimate of drug-likeness (QED) is 0.680. The van der Waals surface area contributed by atoms with Crippen LogP contribution in [0.1, 0.15) is 12.0 Å². The Morgan fingerprint density at radius 3 is 2.25 bits per heavy atom. The Morgan fingerprint density at radius 2 is 1.83 bits per heavy atom. The smallest absolute Gasteiger partial charge is 0.152 e. The summed E-state index contributed by atoms with van der Waals surface area (Å²) in [6.07, 6.45) is 0.346. The van der Waals surface area contributed by atoms with Crippen LogP contribution < -0.4 is 5.73 Å². The second-order valence-corrected chi connectivity index (χ2v) is 3.18. The highest BCUT2D eigenvalue weighted by atomic mass is 19.1. The van der Waals surface area contributed by atoms with Crippen LogP contribution >= 0.6 is 0 Å². The van der Waals surface area contributed by atoms with Crippen LogP contribution in [0.25, 0.3) is 0 Å². The summed E-state index contributed by atoms with van der Waals surface area (Å²) >= 11 is 0. The first-order chi connectivity index (χ1) is 5.63. The van der Waals surface area contributed by atoms with Gasteiger partial charge in [0.05, 0.1) is 0 Å². The summed E-state index contributed by atoms with van der Waals surface area (Å²) in [6, 6.07) is 4.98. The fraction of sp³-hybridized carbons (Fsp3) is 0.333. The topological polar surface area (TPSA) is 26.0 Å². The summed E-state index contributed by atoms with van der Waals surface area (Å²) in [4.78, 5) is 0. The number of benzene rings is 1. The molecule has 0 aromatic heterocycles. The normalized spacial score (nSPS) is 33.4. The Balaban J connectivity index is 2.31. The van der Waals surface area contributed by atoms with E-state index in [1.165, 1.54) is 24.3 Å². The number of hydrogen-bond acceptors (Lipinski definition) is 1. The lowest BCUT2D eigenvalue weighted by Crippen LogP contribution is -2.12. The largest absolute Gasteiger partial charge is 0.325 e. The average Bonchev–Trinajstić information content (AvgIpc) is 2.62. The van der Waals surface area contributed by atoms with Crippen LogP contribution in [0, 0.1) is 5.82 Å². The molecule has 1 aromatic carbocycles. The van der Waals surface area contributed by atoms with E-state index in [9.17, 15) is 8.78 Å². The third-order valence-corrected chi connectivity index (χ3v) is 2.27. The van der Waals surface area contributed by atoms with Gasteiger partial charge in [0.2, 0.25) is 0 Å². The SMILES string of the molecule is N[C@H]1C[C@]1(F)c1ccc(F)cc1. The van der Waals surface area contributed by atoms with Gasteiger partial charge in [-0.1, -0.05) is 12.1 Å². The van der Waals surface area contributed by atoms with E-state index in [1.807, 2.05) is 0 Å². The number of rotatable bonds is 1.